The van der Waals surface area contributed by atoms with E-state index in [4.69, 9.17) is 4.74 Å². The Morgan fingerprint density at radius 2 is 1.95 bits per heavy atom. The van der Waals surface area contributed by atoms with Crippen molar-refractivity contribution in [2.24, 2.45) is 0 Å². The summed E-state index contributed by atoms with van der Waals surface area (Å²) < 4.78 is 7.20. The Morgan fingerprint density at radius 1 is 1.16 bits per heavy atom. The number of nitrogens with zero attached hydrogens (tertiary/aromatic N) is 2. The van der Waals surface area contributed by atoms with E-state index in [1.165, 1.54) is 19.3 Å². The van der Waals surface area contributed by atoms with Crippen molar-refractivity contribution >= 4 is 26.8 Å². The van der Waals surface area contributed by atoms with E-state index in [2.05, 4.69) is 32.0 Å². The smallest absolute Gasteiger partial charge is 0.147 e. The number of rotatable bonds is 2. The molecule has 0 radical (unpaired) electrons. The number of aryl methyl sites for hydroxylation is 1. The van der Waals surface area contributed by atoms with E-state index >= 15 is 0 Å². The van der Waals surface area contributed by atoms with E-state index in [0.717, 1.165) is 39.7 Å². The first kappa shape index (κ1) is 12.9. The van der Waals surface area contributed by atoms with Crippen molar-refractivity contribution in [2.75, 3.05) is 0 Å². The average Bonchev–Trinajstić information content (AvgIpc) is 2.41. The molecule has 0 spiro atoms. The molecule has 100 valence electrons. The van der Waals surface area contributed by atoms with Crippen molar-refractivity contribution < 1.29 is 4.74 Å². The Hall–Kier alpha value is -1.16. The molecular formula is C15H17BrN2O. The molecule has 0 amide bonds. The van der Waals surface area contributed by atoms with E-state index in [1.54, 1.807) is 6.33 Å². The van der Waals surface area contributed by atoms with Gasteiger partial charge in [0, 0.05) is 15.6 Å². The fourth-order valence-corrected chi connectivity index (χ4v) is 3.12. The highest BCUT2D eigenvalue weighted by Gasteiger charge is 2.17. The molecule has 1 aliphatic rings. The second kappa shape index (κ2) is 5.45. The maximum absolute atomic E-state index is 6.18. The van der Waals surface area contributed by atoms with Crippen molar-refractivity contribution in [2.45, 2.75) is 45.1 Å². The van der Waals surface area contributed by atoms with Gasteiger partial charge in [0.05, 0.1) is 6.10 Å². The minimum absolute atomic E-state index is 0.335. The zero-order valence-corrected chi connectivity index (χ0v) is 12.6. The minimum atomic E-state index is 0.335. The molecule has 1 aliphatic carbocycles. The Bertz CT molecular complexity index is 594. The van der Waals surface area contributed by atoms with E-state index < -0.39 is 0 Å². The summed E-state index contributed by atoms with van der Waals surface area (Å²) in [5.41, 5.74) is 1.90. The molecule has 3 rings (SSSR count). The molecule has 0 unspecified atom stereocenters. The highest BCUT2D eigenvalue weighted by molar-refractivity contribution is 9.10. The summed E-state index contributed by atoms with van der Waals surface area (Å²) in [5, 5.41) is 1.06. The number of hydrogen-bond acceptors (Lipinski definition) is 3. The fraction of sp³-hybridized carbons (Fsp3) is 0.467. The van der Waals surface area contributed by atoms with Gasteiger partial charge < -0.3 is 4.74 Å². The largest absolute Gasteiger partial charge is 0.488 e. The van der Waals surface area contributed by atoms with Gasteiger partial charge in [-0.1, -0.05) is 22.4 Å². The monoisotopic (exact) mass is 320 g/mol. The Labute approximate surface area is 121 Å². The van der Waals surface area contributed by atoms with Crippen LogP contribution in [0.1, 0.15) is 37.8 Å². The minimum Gasteiger partial charge on any atom is -0.488 e. The molecule has 19 heavy (non-hydrogen) atoms. The Kier molecular flexibility index (Phi) is 3.69. The predicted octanol–water partition coefficient (Wildman–Crippen LogP) is 4.41. The van der Waals surface area contributed by atoms with Gasteiger partial charge in [-0.05, 0) is 44.7 Å². The number of hydrogen-bond donors (Lipinski definition) is 0. The molecule has 0 saturated heterocycles. The van der Waals surface area contributed by atoms with Gasteiger partial charge in [-0.2, -0.15) is 0 Å². The standard InChI is InChI=1S/C15H17BrN2O/c1-10-13-7-11(16)8-14(15(13)18-9-17-10)19-12-5-3-2-4-6-12/h7-9,12H,2-6H2,1H3. The predicted molar refractivity (Wildman–Crippen MR) is 79.5 cm³/mol. The molecule has 1 aromatic heterocycles. The third-order valence-electron chi connectivity index (χ3n) is 3.71. The quantitative estimate of drug-likeness (QED) is 0.822. The summed E-state index contributed by atoms with van der Waals surface area (Å²) >= 11 is 3.55. The topological polar surface area (TPSA) is 35.0 Å². The van der Waals surface area contributed by atoms with Gasteiger partial charge in [0.2, 0.25) is 0 Å². The third-order valence-corrected chi connectivity index (χ3v) is 4.17. The van der Waals surface area contributed by atoms with Crippen LogP contribution in [0.4, 0.5) is 0 Å². The number of benzene rings is 1. The first-order chi connectivity index (χ1) is 9.24. The number of ether oxygens (including phenoxy) is 1. The van der Waals surface area contributed by atoms with Gasteiger partial charge in [0.1, 0.15) is 17.6 Å². The fourth-order valence-electron chi connectivity index (χ4n) is 2.68. The first-order valence-electron chi connectivity index (χ1n) is 6.81. The molecule has 4 heteroatoms. The van der Waals surface area contributed by atoms with Crippen LogP contribution in [0.2, 0.25) is 0 Å². The van der Waals surface area contributed by atoms with Gasteiger partial charge in [0.15, 0.2) is 0 Å². The lowest BCUT2D eigenvalue weighted by molar-refractivity contribution is 0.156. The summed E-state index contributed by atoms with van der Waals surface area (Å²) in [6, 6.07) is 4.07. The summed E-state index contributed by atoms with van der Waals surface area (Å²) in [4.78, 5) is 8.64. The summed E-state index contributed by atoms with van der Waals surface area (Å²) in [7, 11) is 0. The van der Waals surface area contributed by atoms with Crippen LogP contribution in [0.15, 0.2) is 22.9 Å². The van der Waals surface area contributed by atoms with Gasteiger partial charge in [-0.15, -0.1) is 0 Å². The molecule has 1 heterocycles. The number of fused-ring (bicyclic) bond motifs is 1. The van der Waals surface area contributed by atoms with Crippen molar-refractivity contribution in [3.05, 3.63) is 28.6 Å². The summed E-state index contributed by atoms with van der Waals surface area (Å²) in [6.07, 6.45) is 8.12. The lowest BCUT2D eigenvalue weighted by atomic mass is 9.98. The van der Waals surface area contributed by atoms with Gasteiger partial charge in [0.25, 0.3) is 0 Å². The molecule has 1 aromatic carbocycles. The normalized spacial score (nSPS) is 16.7. The van der Waals surface area contributed by atoms with Crippen molar-refractivity contribution in [3.63, 3.8) is 0 Å². The van der Waals surface area contributed by atoms with Crippen molar-refractivity contribution in [3.8, 4) is 5.75 Å². The van der Waals surface area contributed by atoms with Crippen LogP contribution in [-0.4, -0.2) is 16.1 Å². The molecule has 3 nitrogen and oxygen atoms in total. The number of aromatic nitrogens is 2. The molecular weight excluding hydrogens is 304 g/mol. The highest BCUT2D eigenvalue weighted by Crippen LogP contribution is 2.32. The molecule has 0 atom stereocenters. The van der Waals surface area contributed by atoms with E-state index in [1.807, 2.05) is 13.0 Å². The van der Waals surface area contributed by atoms with Crippen molar-refractivity contribution in [1.29, 1.82) is 0 Å². The SMILES string of the molecule is Cc1ncnc2c(OC3CCCCC3)cc(Br)cc12. The second-order valence-corrected chi connectivity index (χ2v) is 6.05. The van der Waals surface area contributed by atoms with Crippen LogP contribution in [0.5, 0.6) is 5.75 Å². The van der Waals surface area contributed by atoms with Crippen LogP contribution >= 0.6 is 15.9 Å². The molecule has 1 fully saturated rings. The molecule has 0 N–H and O–H groups in total. The summed E-state index contributed by atoms with van der Waals surface area (Å²) in [5.74, 6) is 0.877. The van der Waals surface area contributed by atoms with Crippen LogP contribution in [-0.2, 0) is 0 Å². The van der Waals surface area contributed by atoms with Crippen LogP contribution in [0, 0.1) is 6.92 Å². The zero-order valence-electron chi connectivity index (χ0n) is 11.0. The van der Waals surface area contributed by atoms with Gasteiger partial charge in [-0.25, -0.2) is 9.97 Å². The van der Waals surface area contributed by atoms with E-state index in [0.29, 0.717) is 6.10 Å². The zero-order chi connectivity index (χ0) is 13.2. The third kappa shape index (κ3) is 2.73. The maximum atomic E-state index is 6.18. The molecule has 0 aliphatic heterocycles. The second-order valence-electron chi connectivity index (χ2n) is 5.14. The van der Waals surface area contributed by atoms with E-state index in [9.17, 15) is 0 Å². The first-order valence-corrected chi connectivity index (χ1v) is 7.61. The average molecular weight is 321 g/mol. The summed E-state index contributed by atoms with van der Waals surface area (Å²) in [6.45, 7) is 2.00. The molecule has 1 saturated carbocycles. The Morgan fingerprint density at radius 3 is 2.74 bits per heavy atom. The molecule has 0 bridgehead atoms. The lowest BCUT2D eigenvalue weighted by Crippen LogP contribution is -2.19. The maximum Gasteiger partial charge on any atom is 0.147 e. The molecule has 2 aromatic rings. The van der Waals surface area contributed by atoms with E-state index in [-0.39, 0.29) is 0 Å². The number of halogens is 1. The highest BCUT2D eigenvalue weighted by atomic mass is 79.9. The van der Waals surface area contributed by atoms with Crippen LogP contribution < -0.4 is 4.74 Å². The van der Waals surface area contributed by atoms with Crippen molar-refractivity contribution in [1.82, 2.24) is 9.97 Å². The van der Waals surface area contributed by atoms with Crippen LogP contribution in [0.3, 0.4) is 0 Å². The van der Waals surface area contributed by atoms with Gasteiger partial charge in [-0.3, -0.25) is 0 Å². The van der Waals surface area contributed by atoms with Gasteiger partial charge >= 0.3 is 0 Å². The lowest BCUT2D eigenvalue weighted by Gasteiger charge is -2.23. The Balaban J connectivity index is 1.99. The van der Waals surface area contributed by atoms with Crippen LogP contribution in [0.25, 0.3) is 10.9 Å².